The quantitative estimate of drug-likeness (QED) is 0.792. The molecule has 0 aliphatic rings. The van der Waals surface area contributed by atoms with Crippen molar-refractivity contribution in [3.05, 3.63) is 29.8 Å². The van der Waals surface area contributed by atoms with Gasteiger partial charge in [0.05, 0.1) is 6.10 Å². The lowest BCUT2D eigenvalue weighted by Gasteiger charge is -2.26. The Balaban J connectivity index is 2.83. The number of likely N-dealkylation sites (N-methyl/N-ethyl adjacent to an activating group) is 1. The van der Waals surface area contributed by atoms with Crippen molar-refractivity contribution in [1.82, 2.24) is 0 Å². The maximum Gasteiger partial charge on any atom is 0.0687 e. The summed E-state index contributed by atoms with van der Waals surface area (Å²) in [5.74, 6) is 0. The van der Waals surface area contributed by atoms with E-state index < -0.39 is 0 Å². The molecule has 0 radical (unpaired) electrons. The Morgan fingerprint density at radius 3 is 2.50 bits per heavy atom. The minimum atomic E-state index is -0.283. The van der Waals surface area contributed by atoms with Crippen molar-refractivity contribution in [3.63, 3.8) is 0 Å². The molecule has 1 atom stereocenters. The average Bonchev–Trinajstić information content (AvgIpc) is 2.15. The Morgan fingerprint density at radius 2 is 2.00 bits per heavy atom. The van der Waals surface area contributed by atoms with E-state index >= 15 is 0 Å². The van der Waals surface area contributed by atoms with Crippen LogP contribution in [0.15, 0.2) is 24.3 Å². The molecule has 0 aliphatic heterocycles. The molecule has 78 valence electrons. The maximum absolute atomic E-state index is 9.36. The Bertz CT molecular complexity index is 283. The average molecular weight is 193 g/mol. The SMILES string of the molecule is CCN(C[C@H](C)O)c1ccccc1C. The predicted molar refractivity (Wildman–Crippen MR) is 60.7 cm³/mol. The van der Waals surface area contributed by atoms with Crippen LogP contribution in [0.5, 0.6) is 0 Å². The number of aliphatic hydroxyl groups is 1. The number of aliphatic hydroxyl groups excluding tert-OH is 1. The lowest BCUT2D eigenvalue weighted by atomic mass is 10.1. The van der Waals surface area contributed by atoms with Gasteiger partial charge in [-0.05, 0) is 32.4 Å². The summed E-state index contributed by atoms with van der Waals surface area (Å²) in [6.07, 6.45) is -0.283. The summed E-state index contributed by atoms with van der Waals surface area (Å²) < 4.78 is 0. The molecule has 2 nitrogen and oxygen atoms in total. The molecule has 0 unspecified atom stereocenters. The molecule has 0 aliphatic carbocycles. The van der Waals surface area contributed by atoms with Crippen molar-refractivity contribution in [1.29, 1.82) is 0 Å². The van der Waals surface area contributed by atoms with E-state index in [1.807, 2.05) is 19.1 Å². The van der Waals surface area contributed by atoms with Crippen LogP contribution < -0.4 is 4.90 Å². The number of para-hydroxylation sites is 1. The standard InChI is InChI=1S/C12H19NO/c1-4-13(9-11(3)14)12-8-6-5-7-10(12)2/h5-8,11,14H,4,9H2,1-3H3/t11-/m0/s1. The lowest BCUT2D eigenvalue weighted by molar-refractivity contribution is 0.200. The molecule has 0 saturated heterocycles. The lowest BCUT2D eigenvalue weighted by Crippen LogP contribution is -2.31. The van der Waals surface area contributed by atoms with Gasteiger partial charge >= 0.3 is 0 Å². The molecule has 0 aromatic heterocycles. The normalized spacial score (nSPS) is 12.6. The molecule has 1 aromatic carbocycles. The topological polar surface area (TPSA) is 23.5 Å². The summed E-state index contributed by atoms with van der Waals surface area (Å²) >= 11 is 0. The van der Waals surface area contributed by atoms with Crippen LogP contribution in [0.4, 0.5) is 5.69 Å². The number of nitrogens with zero attached hydrogens (tertiary/aromatic N) is 1. The fraction of sp³-hybridized carbons (Fsp3) is 0.500. The summed E-state index contributed by atoms with van der Waals surface area (Å²) in [6.45, 7) is 7.65. The number of benzene rings is 1. The Hall–Kier alpha value is -1.02. The second-order valence-corrected chi connectivity index (χ2v) is 3.67. The summed E-state index contributed by atoms with van der Waals surface area (Å²) in [4.78, 5) is 2.19. The van der Waals surface area contributed by atoms with Crippen molar-refractivity contribution in [3.8, 4) is 0 Å². The first-order valence-corrected chi connectivity index (χ1v) is 5.13. The minimum Gasteiger partial charge on any atom is -0.392 e. The first-order chi connectivity index (χ1) is 6.65. The number of aryl methyl sites for hydroxylation is 1. The Morgan fingerprint density at radius 1 is 1.36 bits per heavy atom. The van der Waals surface area contributed by atoms with Crippen LogP contribution in [0.25, 0.3) is 0 Å². The molecule has 0 bridgehead atoms. The van der Waals surface area contributed by atoms with E-state index in [1.165, 1.54) is 11.3 Å². The van der Waals surface area contributed by atoms with E-state index in [1.54, 1.807) is 0 Å². The van der Waals surface area contributed by atoms with Gasteiger partial charge in [-0.25, -0.2) is 0 Å². The zero-order valence-corrected chi connectivity index (χ0v) is 9.20. The van der Waals surface area contributed by atoms with Gasteiger partial charge in [-0.1, -0.05) is 18.2 Å². The van der Waals surface area contributed by atoms with Crippen LogP contribution in [-0.2, 0) is 0 Å². The van der Waals surface area contributed by atoms with Gasteiger partial charge in [-0.2, -0.15) is 0 Å². The first kappa shape index (κ1) is 11.1. The highest BCUT2D eigenvalue weighted by Crippen LogP contribution is 2.19. The van der Waals surface area contributed by atoms with Crippen LogP contribution >= 0.6 is 0 Å². The molecule has 14 heavy (non-hydrogen) atoms. The largest absolute Gasteiger partial charge is 0.392 e. The number of anilines is 1. The highest BCUT2D eigenvalue weighted by Gasteiger charge is 2.08. The van der Waals surface area contributed by atoms with E-state index in [4.69, 9.17) is 0 Å². The molecule has 1 aromatic rings. The van der Waals surface area contributed by atoms with Crippen LogP contribution in [-0.4, -0.2) is 24.3 Å². The molecule has 1 rings (SSSR count). The van der Waals surface area contributed by atoms with Crippen LogP contribution in [0, 0.1) is 6.92 Å². The number of hydrogen-bond donors (Lipinski definition) is 1. The third-order valence-corrected chi connectivity index (χ3v) is 2.32. The first-order valence-electron chi connectivity index (χ1n) is 5.13. The van der Waals surface area contributed by atoms with Gasteiger partial charge in [0.2, 0.25) is 0 Å². The van der Waals surface area contributed by atoms with Gasteiger partial charge in [0, 0.05) is 18.8 Å². The molecule has 1 N–H and O–H groups in total. The number of rotatable bonds is 4. The molecule has 0 fully saturated rings. The van der Waals surface area contributed by atoms with Crippen LogP contribution in [0.3, 0.4) is 0 Å². The smallest absolute Gasteiger partial charge is 0.0687 e. The third kappa shape index (κ3) is 2.74. The number of hydrogen-bond acceptors (Lipinski definition) is 2. The third-order valence-electron chi connectivity index (χ3n) is 2.32. The van der Waals surface area contributed by atoms with Crippen molar-refractivity contribution in [2.45, 2.75) is 26.9 Å². The fourth-order valence-electron chi connectivity index (χ4n) is 1.63. The zero-order chi connectivity index (χ0) is 10.6. The molecule has 0 amide bonds. The predicted octanol–water partition coefficient (Wildman–Crippen LogP) is 2.20. The Kier molecular flexibility index (Phi) is 3.96. The van der Waals surface area contributed by atoms with Crippen molar-refractivity contribution in [2.24, 2.45) is 0 Å². The van der Waals surface area contributed by atoms with Gasteiger partial charge in [0.25, 0.3) is 0 Å². The molecule has 0 heterocycles. The van der Waals surface area contributed by atoms with Crippen LogP contribution in [0.1, 0.15) is 19.4 Å². The summed E-state index contributed by atoms with van der Waals surface area (Å²) in [5, 5.41) is 9.36. The molecule has 0 saturated carbocycles. The van der Waals surface area contributed by atoms with Gasteiger partial charge in [0.1, 0.15) is 0 Å². The van der Waals surface area contributed by atoms with Crippen LogP contribution in [0.2, 0.25) is 0 Å². The van der Waals surface area contributed by atoms with Gasteiger partial charge < -0.3 is 10.0 Å². The Labute approximate surface area is 86.2 Å². The fourth-order valence-corrected chi connectivity index (χ4v) is 1.63. The van der Waals surface area contributed by atoms with Crippen molar-refractivity contribution in [2.75, 3.05) is 18.0 Å². The molecular formula is C12H19NO. The van der Waals surface area contributed by atoms with Crippen molar-refractivity contribution >= 4 is 5.69 Å². The summed E-state index contributed by atoms with van der Waals surface area (Å²) in [7, 11) is 0. The van der Waals surface area contributed by atoms with Crippen molar-refractivity contribution < 1.29 is 5.11 Å². The van der Waals surface area contributed by atoms with E-state index in [2.05, 4.69) is 30.9 Å². The van der Waals surface area contributed by atoms with E-state index in [0.29, 0.717) is 6.54 Å². The van der Waals surface area contributed by atoms with E-state index in [9.17, 15) is 5.11 Å². The highest BCUT2D eigenvalue weighted by atomic mass is 16.3. The van der Waals surface area contributed by atoms with E-state index in [-0.39, 0.29) is 6.10 Å². The minimum absolute atomic E-state index is 0.283. The molecule has 0 spiro atoms. The second-order valence-electron chi connectivity index (χ2n) is 3.67. The van der Waals surface area contributed by atoms with Gasteiger partial charge in [-0.15, -0.1) is 0 Å². The highest BCUT2D eigenvalue weighted by molar-refractivity contribution is 5.52. The van der Waals surface area contributed by atoms with E-state index in [0.717, 1.165) is 6.54 Å². The molecular weight excluding hydrogens is 174 g/mol. The second kappa shape index (κ2) is 5.01. The maximum atomic E-state index is 9.36. The van der Waals surface area contributed by atoms with Gasteiger partial charge in [-0.3, -0.25) is 0 Å². The summed E-state index contributed by atoms with van der Waals surface area (Å²) in [6, 6.07) is 8.27. The summed E-state index contributed by atoms with van der Waals surface area (Å²) in [5.41, 5.74) is 2.48. The zero-order valence-electron chi connectivity index (χ0n) is 9.20. The van der Waals surface area contributed by atoms with Gasteiger partial charge in [0.15, 0.2) is 0 Å². The molecule has 2 heteroatoms. The monoisotopic (exact) mass is 193 g/mol.